The van der Waals surface area contributed by atoms with E-state index in [0.717, 1.165) is 32.5 Å². The van der Waals surface area contributed by atoms with Crippen LogP contribution in [0.25, 0.3) is 0 Å². The number of hydrogen-bond donors (Lipinski definition) is 2. The van der Waals surface area contributed by atoms with Crippen molar-refractivity contribution < 1.29 is 10.2 Å². The first-order valence-corrected chi connectivity index (χ1v) is 14.8. The number of nitrogens with zero attached hydrogens (tertiary/aromatic N) is 1. The minimum Gasteiger partial charge on any atom is -0.396 e. The van der Waals surface area contributed by atoms with Crippen molar-refractivity contribution in [1.82, 2.24) is 4.90 Å². The molecule has 0 aliphatic carbocycles. The Morgan fingerprint density at radius 3 is 0.875 bits per heavy atom. The first-order valence-electron chi connectivity index (χ1n) is 14.8. The van der Waals surface area contributed by atoms with E-state index in [2.05, 4.69) is 11.8 Å². The Bertz CT molecular complexity index is 316. The average molecular weight is 456 g/mol. The molecule has 0 aromatic heterocycles. The highest BCUT2D eigenvalue weighted by molar-refractivity contribution is 4.59. The van der Waals surface area contributed by atoms with Crippen LogP contribution in [0.15, 0.2) is 0 Å². The van der Waals surface area contributed by atoms with Gasteiger partial charge in [0.1, 0.15) is 0 Å². The smallest absolute Gasteiger partial charge is 0.0443 e. The third-order valence-electron chi connectivity index (χ3n) is 6.84. The highest BCUT2D eigenvalue weighted by Crippen LogP contribution is 2.15. The molecule has 0 aromatic carbocycles. The van der Waals surface area contributed by atoms with Crippen molar-refractivity contribution in [2.24, 2.45) is 0 Å². The summed E-state index contributed by atoms with van der Waals surface area (Å²) in [5.74, 6) is 0. The number of rotatable bonds is 28. The molecule has 0 bridgehead atoms. The van der Waals surface area contributed by atoms with Crippen molar-refractivity contribution >= 4 is 0 Å². The maximum Gasteiger partial charge on any atom is 0.0443 e. The lowest BCUT2D eigenvalue weighted by Crippen LogP contribution is -2.28. The van der Waals surface area contributed by atoms with Crippen molar-refractivity contribution in [3.05, 3.63) is 0 Å². The molecule has 32 heavy (non-hydrogen) atoms. The number of hydrogen-bond acceptors (Lipinski definition) is 3. The van der Waals surface area contributed by atoms with E-state index in [4.69, 9.17) is 10.2 Å². The quantitative estimate of drug-likeness (QED) is 0.117. The van der Waals surface area contributed by atoms with Gasteiger partial charge in [-0.25, -0.2) is 0 Å². The summed E-state index contributed by atoms with van der Waals surface area (Å²) in [6.07, 6.45) is 31.7. The lowest BCUT2D eigenvalue weighted by atomic mass is 10.0. The number of unbranched alkanes of at least 4 members (excludes halogenated alkanes) is 20. The van der Waals surface area contributed by atoms with Gasteiger partial charge in [0.2, 0.25) is 0 Å². The van der Waals surface area contributed by atoms with Gasteiger partial charge in [-0.1, -0.05) is 135 Å². The van der Waals surface area contributed by atoms with Crippen molar-refractivity contribution in [2.75, 3.05) is 32.8 Å². The predicted octanol–water partition coefficient (Wildman–Crippen LogP) is 8.27. The second-order valence-electron chi connectivity index (χ2n) is 10.1. The van der Waals surface area contributed by atoms with E-state index in [1.54, 1.807) is 0 Å². The topological polar surface area (TPSA) is 43.7 Å². The summed E-state index contributed by atoms with van der Waals surface area (Å²) in [6.45, 7) is 5.90. The van der Waals surface area contributed by atoms with Crippen LogP contribution in [0.1, 0.15) is 155 Å². The summed E-state index contributed by atoms with van der Waals surface area (Å²) >= 11 is 0. The molecule has 0 radical (unpaired) electrons. The highest BCUT2D eigenvalue weighted by Gasteiger charge is 2.04. The Morgan fingerprint density at radius 1 is 0.344 bits per heavy atom. The van der Waals surface area contributed by atoms with E-state index >= 15 is 0 Å². The monoisotopic (exact) mass is 455 g/mol. The van der Waals surface area contributed by atoms with Crippen LogP contribution in [-0.2, 0) is 0 Å². The SMILES string of the molecule is CCCCCCCCCCCCCCCCCCCCCCCN(CCCO)CCCO. The standard InChI is InChI=1S/C29H61NO2/c1-2-3-4-5-6-7-8-9-10-11-12-13-14-15-16-17-18-19-20-21-22-25-30(26-23-28-31)27-24-29-32/h31-32H,2-29H2,1H3. The summed E-state index contributed by atoms with van der Waals surface area (Å²) in [7, 11) is 0. The van der Waals surface area contributed by atoms with Gasteiger partial charge < -0.3 is 15.1 Å². The first-order chi connectivity index (χ1) is 15.8. The third kappa shape index (κ3) is 26.1. The molecule has 2 N–H and O–H groups in total. The van der Waals surface area contributed by atoms with Gasteiger partial charge in [0.05, 0.1) is 0 Å². The number of aliphatic hydroxyl groups is 2. The molecule has 3 nitrogen and oxygen atoms in total. The Labute approximate surface area is 202 Å². The van der Waals surface area contributed by atoms with Crippen molar-refractivity contribution in [2.45, 2.75) is 155 Å². The zero-order valence-electron chi connectivity index (χ0n) is 22.1. The molecule has 0 heterocycles. The van der Waals surface area contributed by atoms with E-state index in [-0.39, 0.29) is 13.2 Å². The summed E-state index contributed by atoms with van der Waals surface area (Å²) in [5, 5.41) is 18.0. The molecule has 0 unspecified atom stereocenters. The van der Waals surface area contributed by atoms with Gasteiger partial charge in [0.25, 0.3) is 0 Å². The second kappa shape index (κ2) is 28.9. The van der Waals surface area contributed by atoms with Crippen LogP contribution >= 0.6 is 0 Å². The molecule has 194 valence electrons. The molecule has 0 spiro atoms. The molecule has 0 saturated carbocycles. The van der Waals surface area contributed by atoms with E-state index in [1.807, 2.05) is 0 Å². The fourth-order valence-electron chi connectivity index (χ4n) is 4.69. The van der Waals surface area contributed by atoms with Crippen LogP contribution in [0, 0.1) is 0 Å². The zero-order chi connectivity index (χ0) is 23.4. The summed E-state index contributed by atoms with van der Waals surface area (Å²) < 4.78 is 0. The normalized spacial score (nSPS) is 11.6. The largest absolute Gasteiger partial charge is 0.396 e. The molecule has 0 amide bonds. The molecular formula is C29H61NO2. The Balaban J connectivity index is 3.19. The number of aliphatic hydroxyl groups excluding tert-OH is 2. The molecule has 0 fully saturated rings. The first kappa shape index (κ1) is 31.9. The minimum absolute atomic E-state index is 0.273. The van der Waals surface area contributed by atoms with Crippen LogP contribution in [0.5, 0.6) is 0 Å². The predicted molar refractivity (Wildman–Crippen MR) is 142 cm³/mol. The van der Waals surface area contributed by atoms with Crippen LogP contribution in [0.3, 0.4) is 0 Å². The lowest BCUT2D eigenvalue weighted by Gasteiger charge is -2.21. The maximum absolute atomic E-state index is 9.01. The molecule has 0 saturated heterocycles. The fraction of sp³-hybridized carbons (Fsp3) is 1.00. The second-order valence-corrected chi connectivity index (χ2v) is 10.1. The van der Waals surface area contributed by atoms with E-state index in [1.165, 1.54) is 135 Å². The molecule has 0 rings (SSSR count). The van der Waals surface area contributed by atoms with Crippen LogP contribution < -0.4 is 0 Å². The highest BCUT2D eigenvalue weighted by atomic mass is 16.3. The molecule has 0 aliphatic heterocycles. The van der Waals surface area contributed by atoms with Gasteiger partial charge in [-0.2, -0.15) is 0 Å². The van der Waals surface area contributed by atoms with E-state index in [9.17, 15) is 0 Å². The molecule has 0 aromatic rings. The van der Waals surface area contributed by atoms with E-state index < -0.39 is 0 Å². The van der Waals surface area contributed by atoms with Crippen molar-refractivity contribution in [1.29, 1.82) is 0 Å². The lowest BCUT2D eigenvalue weighted by molar-refractivity contribution is 0.199. The van der Waals surface area contributed by atoms with Crippen LogP contribution in [0.2, 0.25) is 0 Å². The van der Waals surface area contributed by atoms with Crippen LogP contribution in [0.4, 0.5) is 0 Å². The van der Waals surface area contributed by atoms with Gasteiger partial charge in [-0.3, -0.25) is 0 Å². The summed E-state index contributed by atoms with van der Waals surface area (Å²) in [6, 6.07) is 0. The minimum atomic E-state index is 0.273. The molecule has 3 heteroatoms. The fourth-order valence-corrected chi connectivity index (χ4v) is 4.69. The zero-order valence-corrected chi connectivity index (χ0v) is 22.1. The van der Waals surface area contributed by atoms with Crippen molar-refractivity contribution in [3.63, 3.8) is 0 Å². The van der Waals surface area contributed by atoms with E-state index in [0.29, 0.717) is 0 Å². The molecule has 0 atom stereocenters. The van der Waals surface area contributed by atoms with Gasteiger partial charge in [0, 0.05) is 26.3 Å². The maximum atomic E-state index is 9.01. The van der Waals surface area contributed by atoms with Crippen LogP contribution in [-0.4, -0.2) is 48.0 Å². The molecular weight excluding hydrogens is 394 g/mol. The Kier molecular flexibility index (Phi) is 28.8. The van der Waals surface area contributed by atoms with Gasteiger partial charge in [-0.15, -0.1) is 0 Å². The summed E-state index contributed by atoms with van der Waals surface area (Å²) in [4.78, 5) is 2.40. The average Bonchev–Trinajstić information content (AvgIpc) is 2.81. The Morgan fingerprint density at radius 2 is 0.594 bits per heavy atom. The third-order valence-corrected chi connectivity index (χ3v) is 6.84. The van der Waals surface area contributed by atoms with Crippen molar-refractivity contribution in [3.8, 4) is 0 Å². The van der Waals surface area contributed by atoms with Gasteiger partial charge in [0.15, 0.2) is 0 Å². The Hall–Kier alpha value is -0.120. The molecule has 0 aliphatic rings. The van der Waals surface area contributed by atoms with Gasteiger partial charge in [-0.05, 0) is 25.8 Å². The van der Waals surface area contributed by atoms with Gasteiger partial charge >= 0.3 is 0 Å². The summed E-state index contributed by atoms with van der Waals surface area (Å²) in [5.41, 5.74) is 0.